The van der Waals surface area contributed by atoms with Gasteiger partial charge in [-0.3, -0.25) is 9.59 Å². The van der Waals surface area contributed by atoms with Gasteiger partial charge in [0.1, 0.15) is 11.9 Å². The van der Waals surface area contributed by atoms with Crippen LogP contribution >= 0.6 is 0 Å². The molecule has 2 aromatic carbocycles. The molecule has 4 amide bonds. The van der Waals surface area contributed by atoms with E-state index in [0.717, 1.165) is 16.8 Å². The van der Waals surface area contributed by atoms with Gasteiger partial charge in [0.25, 0.3) is 5.91 Å². The van der Waals surface area contributed by atoms with Gasteiger partial charge in [-0.25, -0.2) is 9.18 Å². The fraction of sp³-hybridized carbons (Fsp3) is 0.444. The van der Waals surface area contributed by atoms with Crippen LogP contribution in [-0.4, -0.2) is 43.0 Å². The minimum atomic E-state index is -0.726. The van der Waals surface area contributed by atoms with Gasteiger partial charge in [0.2, 0.25) is 5.91 Å². The minimum absolute atomic E-state index is 0.0139. The smallest absolute Gasteiger partial charge is 0.312 e. The van der Waals surface area contributed by atoms with Gasteiger partial charge in [-0.2, -0.15) is 0 Å². The Morgan fingerprint density at radius 1 is 1.14 bits per heavy atom. The lowest BCUT2D eigenvalue weighted by Crippen LogP contribution is -2.51. The van der Waals surface area contributed by atoms with Crippen molar-refractivity contribution in [3.8, 4) is 0 Å². The van der Waals surface area contributed by atoms with Crippen LogP contribution < -0.4 is 27.0 Å². The molecular weight excluding hydrogens is 461 g/mol. The van der Waals surface area contributed by atoms with Crippen LogP contribution in [0.2, 0.25) is 0 Å². The molecule has 0 saturated heterocycles. The zero-order valence-corrected chi connectivity index (χ0v) is 21.1. The van der Waals surface area contributed by atoms with Crippen molar-refractivity contribution >= 4 is 23.5 Å². The number of hydrogen-bond donors (Lipinski definition) is 5. The summed E-state index contributed by atoms with van der Waals surface area (Å²) in [6, 6.07) is 10.2. The molecular formula is C27H36FN5O3. The minimum Gasteiger partial charge on any atom is -0.384 e. The zero-order valence-electron chi connectivity index (χ0n) is 21.1. The third-order valence-electron chi connectivity index (χ3n) is 6.31. The van der Waals surface area contributed by atoms with Crippen molar-refractivity contribution in [2.45, 2.75) is 58.0 Å². The number of carbonyl (C=O) groups excluding carboxylic acids is 3. The van der Waals surface area contributed by atoms with Gasteiger partial charge >= 0.3 is 6.03 Å². The second-order valence-corrected chi connectivity index (χ2v) is 9.86. The molecule has 0 spiro atoms. The van der Waals surface area contributed by atoms with E-state index in [1.54, 1.807) is 24.3 Å². The largest absolute Gasteiger partial charge is 0.384 e. The van der Waals surface area contributed by atoms with E-state index in [1.807, 2.05) is 26.8 Å². The lowest BCUT2D eigenvalue weighted by Gasteiger charge is -2.26. The summed E-state index contributed by atoms with van der Waals surface area (Å²) in [6.45, 7) is 6.78. The number of urea groups is 1. The third-order valence-corrected chi connectivity index (χ3v) is 6.31. The summed E-state index contributed by atoms with van der Waals surface area (Å²) in [5.74, 6) is -0.758. The highest BCUT2D eigenvalue weighted by Gasteiger charge is 2.29. The van der Waals surface area contributed by atoms with Crippen LogP contribution in [0.5, 0.6) is 0 Å². The first-order valence-corrected chi connectivity index (χ1v) is 12.4. The lowest BCUT2D eigenvalue weighted by molar-refractivity contribution is -0.124. The van der Waals surface area contributed by atoms with Crippen molar-refractivity contribution in [3.63, 3.8) is 0 Å². The number of aryl methyl sites for hydroxylation is 1. The van der Waals surface area contributed by atoms with Crippen LogP contribution in [0, 0.1) is 18.7 Å². The molecule has 3 rings (SSSR count). The summed E-state index contributed by atoms with van der Waals surface area (Å²) in [5, 5.41) is 11.8. The molecule has 3 atom stereocenters. The molecule has 0 aliphatic carbocycles. The van der Waals surface area contributed by atoms with Crippen LogP contribution in [0.15, 0.2) is 42.5 Å². The standard InChI is InChI=1S/C27H36FN5O3/c1-16(2)11-24(33-25(34)18-6-4-5-17(3)12-18)26(35)32-21(9-10-30-27(29)36)13-19-15-31-23-8-7-20(28)14-22(19)23/h4-8,12,14,16,19,21,24,31H,9-11,13,15H2,1-3H3,(H,32,35)(H,33,34)(H3,29,30,36). The van der Waals surface area contributed by atoms with Crippen LogP contribution in [0.1, 0.15) is 60.5 Å². The van der Waals surface area contributed by atoms with E-state index < -0.39 is 12.1 Å². The number of rotatable bonds is 11. The van der Waals surface area contributed by atoms with E-state index >= 15 is 0 Å². The Hall–Kier alpha value is -3.62. The fourth-order valence-corrected chi connectivity index (χ4v) is 4.58. The second kappa shape index (κ2) is 12.4. The first kappa shape index (κ1) is 27.0. The van der Waals surface area contributed by atoms with Crippen molar-refractivity contribution in [1.29, 1.82) is 0 Å². The van der Waals surface area contributed by atoms with E-state index in [9.17, 15) is 18.8 Å². The Morgan fingerprint density at radius 3 is 2.61 bits per heavy atom. The topological polar surface area (TPSA) is 125 Å². The van der Waals surface area contributed by atoms with Gasteiger partial charge in [-0.15, -0.1) is 0 Å². The fourth-order valence-electron chi connectivity index (χ4n) is 4.58. The molecule has 0 bridgehead atoms. The molecule has 2 aromatic rings. The summed E-state index contributed by atoms with van der Waals surface area (Å²) in [5.41, 5.74) is 8.40. The molecule has 0 fully saturated rings. The zero-order chi connectivity index (χ0) is 26.2. The van der Waals surface area contributed by atoms with Crippen molar-refractivity contribution < 1.29 is 18.8 Å². The molecule has 3 unspecified atom stereocenters. The van der Waals surface area contributed by atoms with Crippen LogP contribution in [0.3, 0.4) is 0 Å². The van der Waals surface area contributed by atoms with Gasteiger partial charge in [-0.1, -0.05) is 31.5 Å². The molecule has 0 radical (unpaired) electrons. The SMILES string of the molecule is Cc1cccc(C(=O)NC(CC(C)C)C(=O)NC(CCNC(N)=O)CC2CNc3ccc(F)cc32)c1. The highest BCUT2D eigenvalue weighted by molar-refractivity contribution is 5.97. The number of halogens is 1. The maximum absolute atomic E-state index is 13.9. The van der Waals surface area contributed by atoms with Crippen LogP contribution in [-0.2, 0) is 4.79 Å². The van der Waals surface area contributed by atoms with Crippen molar-refractivity contribution in [2.75, 3.05) is 18.4 Å². The number of nitrogens with one attached hydrogen (secondary N) is 4. The summed E-state index contributed by atoms with van der Waals surface area (Å²) in [6.07, 6.45) is 1.45. The van der Waals surface area contributed by atoms with Gasteiger partial charge in [0, 0.05) is 36.3 Å². The number of carbonyl (C=O) groups is 3. The van der Waals surface area contributed by atoms with E-state index in [2.05, 4.69) is 21.3 Å². The predicted octanol–water partition coefficient (Wildman–Crippen LogP) is 3.42. The third kappa shape index (κ3) is 7.69. The molecule has 0 saturated carbocycles. The Balaban J connectivity index is 1.73. The second-order valence-electron chi connectivity index (χ2n) is 9.86. The predicted molar refractivity (Wildman–Crippen MR) is 138 cm³/mol. The first-order valence-electron chi connectivity index (χ1n) is 12.4. The van der Waals surface area contributed by atoms with Crippen molar-refractivity contribution in [1.82, 2.24) is 16.0 Å². The summed E-state index contributed by atoms with van der Waals surface area (Å²) in [4.78, 5) is 37.4. The Morgan fingerprint density at radius 2 is 1.92 bits per heavy atom. The number of primary amides is 1. The number of hydrogen-bond acceptors (Lipinski definition) is 4. The van der Waals surface area contributed by atoms with Gasteiger partial charge in [-0.05, 0) is 68.0 Å². The molecule has 1 aliphatic rings. The number of fused-ring (bicyclic) bond motifs is 1. The lowest BCUT2D eigenvalue weighted by atomic mass is 9.92. The molecule has 1 heterocycles. The molecule has 6 N–H and O–H groups in total. The molecule has 1 aliphatic heterocycles. The first-order chi connectivity index (χ1) is 17.1. The monoisotopic (exact) mass is 497 g/mol. The van der Waals surface area contributed by atoms with Gasteiger partial charge < -0.3 is 27.0 Å². The highest BCUT2D eigenvalue weighted by atomic mass is 19.1. The summed E-state index contributed by atoms with van der Waals surface area (Å²) < 4.78 is 13.9. The molecule has 194 valence electrons. The maximum Gasteiger partial charge on any atom is 0.312 e. The van der Waals surface area contributed by atoms with E-state index in [-0.39, 0.29) is 42.1 Å². The van der Waals surface area contributed by atoms with E-state index in [4.69, 9.17) is 5.73 Å². The van der Waals surface area contributed by atoms with Crippen LogP contribution in [0.4, 0.5) is 14.9 Å². The summed E-state index contributed by atoms with van der Waals surface area (Å²) >= 11 is 0. The normalized spacial score (nSPS) is 16.0. The number of nitrogens with two attached hydrogens (primary N) is 1. The van der Waals surface area contributed by atoms with Crippen LogP contribution in [0.25, 0.3) is 0 Å². The summed E-state index contributed by atoms with van der Waals surface area (Å²) in [7, 11) is 0. The molecule has 8 nitrogen and oxygen atoms in total. The Kier molecular flexibility index (Phi) is 9.27. The van der Waals surface area contributed by atoms with Gasteiger partial charge in [0.15, 0.2) is 0 Å². The highest BCUT2D eigenvalue weighted by Crippen LogP contribution is 2.35. The molecule has 9 heteroatoms. The van der Waals surface area contributed by atoms with Crippen molar-refractivity contribution in [2.24, 2.45) is 11.7 Å². The molecule has 0 aromatic heterocycles. The van der Waals surface area contributed by atoms with E-state index in [0.29, 0.717) is 31.4 Å². The molecule has 36 heavy (non-hydrogen) atoms. The average molecular weight is 498 g/mol. The van der Waals surface area contributed by atoms with E-state index in [1.165, 1.54) is 12.1 Å². The Bertz CT molecular complexity index is 1090. The maximum atomic E-state index is 13.9. The number of amides is 4. The number of anilines is 1. The van der Waals surface area contributed by atoms with Crippen molar-refractivity contribution in [3.05, 3.63) is 65.0 Å². The Labute approximate surface area is 211 Å². The van der Waals surface area contributed by atoms with Gasteiger partial charge in [0.05, 0.1) is 0 Å². The average Bonchev–Trinajstić information content (AvgIpc) is 3.19. The number of benzene rings is 2. The quantitative estimate of drug-likeness (QED) is 0.326.